The van der Waals surface area contributed by atoms with Crippen molar-refractivity contribution in [1.29, 1.82) is 0 Å². The lowest BCUT2D eigenvalue weighted by Crippen LogP contribution is -2.26. The molecule has 3 heterocycles. The number of aromatic nitrogens is 2. The number of nitrogens with one attached hydrogen (secondary N) is 2. The van der Waals surface area contributed by atoms with Gasteiger partial charge in [-0.25, -0.2) is 18.2 Å². The number of nitrogens with zero attached hydrogens (tertiary/aromatic N) is 2. The van der Waals surface area contributed by atoms with Gasteiger partial charge in [-0.3, -0.25) is 4.79 Å². The van der Waals surface area contributed by atoms with Gasteiger partial charge in [0.2, 0.25) is 6.41 Å². The van der Waals surface area contributed by atoms with Crippen LogP contribution in [0.1, 0.15) is 50.5 Å². The smallest absolute Gasteiger partial charge is 0.209 e. The van der Waals surface area contributed by atoms with Crippen LogP contribution in [-0.2, 0) is 11.3 Å². The van der Waals surface area contributed by atoms with E-state index in [1.54, 1.807) is 4.90 Å². The van der Waals surface area contributed by atoms with Crippen molar-refractivity contribution in [2.45, 2.75) is 57.5 Å². The van der Waals surface area contributed by atoms with Crippen molar-refractivity contribution in [3.05, 3.63) is 47.4 Å². The molecule has 5 rings (SSSR count). The van der Waals surface area contributed by atoms with Gasteiger partial charge in [-0.1, -0.05) is 19.3 Å². The molecule has 0 radical (unpaired) electrons. The zero-order chi connectivity index (χ0) is 26.1. The van der Waals surface area contributed by atoms with Crippen molar-refractivity contribution >= 4 is 23.1 Å². The molecule has 0 spiro atoms. The van der Waals surface area contributed by atoms with Gasteiger partial charge in [0.15, 0.2) is 11.6 Å². The van der Waals surface area contributed by atoms with E-state index in [9.17, 15) is 18.0 Å². The van der Waals surface area contributed by atoms with Crippen molar-refractivity contribution in [1.82, 2.24) is 20.2 Å². The topological polar surface area (TPSA) is 113 Å². The second-order valence-corrected chi connectivity index (χ2v) is 9.05. The zero-order valence-electron chi connectivity index (χ0n) is 20.6. The number of anilines is 1. The predicted octanol–water partition coefficient (Wildman–Crippen LogP) is 4.47. The Morgan fingerprint density at radius 2 is 1.78 bits per heavy atom. The SMILES string of the molecule is CNC1CCCCC1.NCc1cc(F)c(N)nc1-c1c[nH]c2c(F)cc(F)cc12.O=CN1CCCC1. The number of fused-ring (bicyclic) bond motifs is 1. The maximum Gasteiger partial charge on any atom is 0.209 e. The average Bonchev–Trinajstić information content (AvgIpc) is 3.57. The van der Waals surface area contributed by atoms with E-state index in [0.717, 1.165) is 31.6 Å². The molecule has 1 aromatic carbocycles. The van der Waals surface area contributed by atoms with E-state index in [1.807, 2.05) is 0 Å². The number of benzene rings is 1. The molecule has 6 N–H and O–H groups in total. The quantitative estimate of drug-likeness (QED) is 0.392. The molecule has 2 fully saturated rings. The number of amides is 1. The molecular formula is C26H35F3N6O. The molecule has 1 aliphatic heterocycles. The molecule has 2 aromatic heterocycles. The number of halogens is 3. The Morgan fingerprint density at radius 3 is 2.33 bits per heavy atom. The Labute approximate surface area is 209 Å². The molecule has 0 atom stereocenters. The van der Waals surface area contributed by atoms with Gasteiger partial charge in [0.25, 0.3) is 0 Å². The number of rotatable bonds is 4. The van der Waals surface area contributed by atoms with Crippen LogP contribution in [0.15, 0.2) is 24.4 Å². The fraction of sp³-hybridized carbons (Fsp3) is 0.462. The first-order chi connectivity index (χ1) is 17.4. The molecule has 196 valence electrons. The summed E-state index contributed by atoms with van der Waals surface area (Å²) in [6.07, 6.45) is 11.9. The van der Waals surface area contributed by atoms with E-state index in [4.69, 9.17) is 11.5 Å². The van der Waals surface area contributed by atoms with Crippen molar-refractivity contribution in [3.8, 4) is 11.3 Å². The van der Waals surface area contributed by atoms with E-state index in [1.165, 1.54) is 63.3 Å². The van der Waals surface area contributed by atoms with Crippen molar-refractivity contribution in [3.63, 3.8) is 0 Å². The average molecular weight is 505 g/mol. The lowest BCUT2D eigenvalue weighted by molar-refractivity contribution is -0.117. The lowest BCUT2D eigenvalue weighted by atomic mass is 9.96. The van der Waals surface area contributed by atoms with E-state index < -0.39 is 17.5 Å². The summed E-state index contributed by atoms with van der Waals surface area (Å²) in [5.41, 5.74) is 12.3. The van der Waals surface area contributed by atoms with Gasteiger partial charge in [0.05, 0.1) is 11.2 Å². The number of carbonyl (C=O) groups is 1. The number of likely N-dealkylation sites (tertiary alicyclic amines) is 1. The largest absolute Gasteiger partial charge is 0.381 e. The normalized spacial score (nSPS) is 15.8. The summed E-state index contributed by atoms with van der Waals surface area (Å²) in [4.78, 5) is 18.4. The third-order valence-corrected chi connectivity index (χ3v) is 6.57. The summed E-state index contributed by atoms with van der Waals surface area (Å²) in [5.74, 6) is -2.42. The van der Waals surface area contributed by atoms with Crippen LogP contribution in [0.3, 0.4) is 0 Å². The second-order valence-electron chi connectivity index (χ2n) is 9.05. The Morgan fingerprint density at radius 1 is 1.08 bits per heavy atom. The molecule has 1 aliphatic carbocycles. The first kappa shape index (κ1) is 27.5. The minimum atomic E-state index is -0.722. The van der Waals surface area contributed by atoms with E-state index in [2.05, 4.69) is 22.3 Å². The van der Waals surface area contributed by atoms with Crippen LogP contribution in [0.25, 0.3) is 22.2 Å². The summed E-state index contributed by atoms with van der Waals surface area (Å²) in [5, 5.41) is 3.60. The van der Waals surface area contributed by atoms with Crippen LogP contribution in [0.4, 0.5) is 19.0 Å². The van der Waals surface area contributed by atoms with E-state index in [-0.39, 0.29) is 17.9 Å². The molecule has 3 aromatic rings. The number of hydrogen-bond donors (Lipinski definition) is 4. The van der Waals surface area contributed by atoms with Crippen LogP contribution in [0.5, 0.6) is 0 Å². The van der Waals surface area contributed by atoms with Crippen LogP contribution >= 0.6 is 0 Å². The van der Waals surface area contributed by atoms with Crippen LogP contribution in [-0.4, -0.2) is 47.5 Å². The standard InChI is InChI=1S/C14H11F3N4.C7H15N.C5H9NO/c15-7-2-8-9(5-20-13(8)10(16)3-7)12-6(4-18)1-11(17)14(19)21-12;1-8-7-5-3-2-4-6-7;7-5-6-3-1-2-4-6/h1-3,5,20H,4,18H2,(H2,19,21);7-8H,2-6H2,1H3;5H,1-4H2. The molecular weight excluding hydrogens is 469 g/mol. The summed E-state index contributed by atoms with van der Waals surface area (Å²) < 4.78 is 40.6. The molecule has 1 amide bonds. The maximum atomic E-state index is 13.7. The highest BCUT2D eigenvalue weighted by Gasteiger charge is 2.17. The summed E-state index contributed by atoms with van der Waals surface area (Å²) >= 11 is 0. The maximum absolute atomic E-state index is 13.7. The van der Waals surface area contributed by atoms with Crippen molar-refractivity contribution in [2.75, 3.05) is 25.9 Å². The number of pyridine rings is 1. The number of carbonyl (C=O) groups excluding carboxylic acids is 1. The van der Waals surface area contributed by atoms with Crippen LogP contribution in [0, 0.1) is 17.5 Å². The number of nitrogens with two attached hydrogens (primary N) is 2. The van der Waals surface area contributed by atoms with Crippen molar-refractivity contribution in [2.24, 2.45) is 5.73 Å². The summed E-state index contributed by atoms with van der Waals surface area (Å²) in [6, 6.07) is 3.96. The van der Waals surface area contributed by atoms with Gasteiger partial charge in [-0.05, 0) is 50.4 Å². The highest BCUT2D eigenvalue weighted by Crippen LogP contribution is 2.32. The van der Waals surface area contributed by atoms with Gasteiger partial charge < -0.3 is 26.7 Å². The number of aromatic amines is 1. The zero-order valence-corrected chi connectivity index (χ0v) is 20.6. The van der Waals surface area contributed by atoms with Gasteiger partial charge in [0, 0.05) is 48.9 Å². The highest BCUT2D eigenvalue weighted by molar-refractivity contribution is 5.95. The molecule has 10 heteroatoms. The second kappa shape index (κ2) is 13.3. The Kier molecular flexibility index (Phi) is 10.1. The number of H-pyrrole nitrogens is 1. The molecule has 36 heavy (non-hydrogen) atoms. The predicted molar refractivity (Wildman–Crippen MR) is 137 cm³/mol. The minimum Gasteiger partial charge on any atom is -0.381 e. The van der Waals surface area contributed by atoms with Gasteiger partial charge in [-0.2, -0.15) is 0 Å². The van der Waals surface area contributed by atoms with Gasteiger partial charge >= 0.3 is 0 Å². The van der Waals surface area contributed by atoms with Crippen LogP contribution in [0.2, 0.25) is 0 Å². The fourth-order valence-electron chi connectivity index (χ4n) is 4.52. The summed E-state index contributed by atoms with van der Waals surface area (Å²) in [6.45, 7) is 1.97. The van der Waals surface area contributed by atoms with Gasteiger partial charge in [0.1, 0.15) is 11.6 Å². The number of hydrogen-bond acceptors (Lipinski definition) is 5. The number of nitrogen functional groups attached to an aromatic ring is 1. The van der Waals surface area contributed by atoms with Crippen molar-refractivity contribution < 1.29 is 18.0 Å². The molecule has 0 bridgehead atoms. The Balaban J connectivity index is 0.000000196. The molecule has 0 unspecified atom stereocenters. The Hall–Kier alpha value is -3.11. The molecule has 7 nitrogen and oxygen atoms in total. The highest BCUT2D eigenvalue weighted by atomic mass is 19.1. The third kappa shape index (κ3) is 6.98. The van der Waals surface area contributed by atoms with Crippen LogP contribution < -0.4 is 16.8 Å². The molecule has 1 saturated heterocycles. The first-order valence-electron chi connectivity index (χ1n) is 12.4. The van der Waals surface area contributed by atoms with E-state index >= 15 is 0 Å². The monoisotopic (exact) mass is 504 g/mol. The first-order valence-corrected chi connectivity index (χ1v) is 12.4. The summed E-state index contributed by atoms with van der Waals surface area (Å²) in [7, 11) is 2.07. The fourth-order valence-corrected chi connectivity index (χ4v) is 4.52. The van der Waals surface area contributed by atoms with E-state index in [0.29, 0.717) is 22.2 Å². The van der Waals surface area contributed by atoms with Gasteiger partial charge in [-0.15, -0.1) is 0 Å². The minimum absolute atomic E-state index is 0.0179. The Bertz CT molecular complexity index is 1140. The molecule has 1 saturated carbocycles. The lowest BCUT2D eigenvalue weighted by Gasteiger charge is -2.20. The third-order valence-electron chi connectivity index (χ3n) is 6.57. The molecule has 2 aliphatic rings.